The van der Waals surface area contributed by atoms with E-state index in [4.69, 9.17) is 16.3 Å². The Morgan fingerprint density at radius 2 is 1.84 bits per heavy atom. The van der Waals surface area contributed by atoms with Crippen molar-refractivity contribution in [3.63, 3.8) is 0 Å². The molecule has 1 aromatic carbocycles. The Morgan fingerprint density at radius 1 is 1.32 bits per heavy atom. The maximum atomic E-state index is 12.1. The van der Waals surface area contributed by atoms with Gasteiger partial charge in [0.2, 0.25) is 5.91 Å². The van der Waals surface area contributed by atoms with Crippen LogP contribution in [0.5, 0.6) is 0 Å². The molecule has 0 N–H and O–H groups in total. The molecule has 0 saturated carbocycles. The quantitative estimate of drug-likeness (QED) is 0.630. The summed E-state index contributed by atoms with van der Waals surface area (Å²) in [5.41, 5.74) is 2.54. The van der Waals surface area contributed by atoms with Crippen LogP contribution in [-0.4, -0.2) is 30.9 Å². The average Bonchev–Trinajstić information content (AvgIpc) is 2.40. The number of hydrogen-bond donors (Lipinski definition) is 0. The molecule has 0 heterocycles. The van der Waals surface area contributed by atoms with E-state index in [9.17, 15) is 9.59 Å². The van der Waals surface area contributed by atoms with Gasteiger partial charge in [-0.1, -0.05) is 18.2 Å². The van der Waals surface area contributed by atoms with Crippen LogP contribution in [0.4, 0.5) is 5.69 Å². The smallest absolute Gasteiger partial charge is 0.328 e. The number of ether oxygens (including phenoxy) is 1. The third-order valence-electron chi connectivity index (χ3n) is 2.99. The van der Waals surface area contributed by atoms with Crippen molar-refractivity contribution in [2.75, 3.05) is 17.9 Å². The SMILES string of the molecule is COC(=O)C(C)N(C(=O)CCl)c1c(C)cccc1C. The molecule has 19 heavy (non-hydrogen) atoms. The molecular weight excluding hydrogens is 266 g/mol. The van der Waals surface area contributed by atoms with Crippen LogP contribution in [0.1, 0.15) is 18.1 Å². The lowest BCUT2D eigenvalue weighted by molar-refractivity contribution is -0.142. The van der Waals surface area contributed by atoms with Crippen LogP contribution in [0.2, 0.25) is 0 Å². The number of carbonyl (C=O) groups is 2. The molecule has 0 bridgehead atoms. The Hall–Kier alpha value is -1.55. The first kappa shape index (κ1) is 15.5. The van der Waals surface area contributed by atoms with Crippen molar-refractivity contribution in [2.45, 2.75) is 26.8 Å². The lowest BCUT2D eigenvalue weighted by Crippen LogP contribution is -2.45. The summed E-state index contributed by atoms with van der Waals surface area (Å²) in [5.74, 6) is -0.979. The highest BCUT2D eigenvalue weighted by Crippen LogP contribution is 2.27. The van der Waals surface area contributed by atoms with Crippen LogP contribution in [0.15, 0.2) is 18.2 Å². The van der Waals surface area contributed by atoms with Gasteiger partial charge in [-0.3, -0.25) is 9.69 Å². The van der Waals surface area contributed by atoms with Gasteiger partial charge in [-0.2, -0.15) is 0 Å². The molecular formula is C14H18ClNO3. The molecule has 0 saturated heterocycles. The monoisotopic (exact) mass is 283 g/mol. The maximum absolute atomic E-state index is 12.1. The number of rotatable bonds is 4. The normalized spacial score (nSPS) is 11.8. The number of para-hydroxylation sites is 1. The fourth-order valence-corrected chi connectivity index (χ4v) is 2.19. The second-order valence-corrected chi connectivity index (χ2v) is 4.60. The molecule has 0 radical (unpaired) electrons. The molecule has 0 aromatic heterocycles. The Morgan fingerprint density at radius 3 is 2.26 bits per heavy atom. The molecule has 1 aromatic rings. The van der Waals surface area contributed by atoms with Gasteiger partial charge in [-0.05, 0) is 31.9 Å². The van der Waals surface area contributed by atoms with Crippen molar-refractivity contribution in [3.05, 3.63) is 29.3 Å². The first-order valence-corrected chi connectivity index (χ1v) is 6.49. The van der Waals surface area contributed by atoms with Gasteiger partial charge >= 0.3 is 5.97 Å². The molecule has 0 fully saturated rings. The molecule has 1 unspecified atom stereocenters. The molecule has 4 nitrogen and oxygen atoms in total. The van der Waals surface area contributed by atoms with E-state index in [0.29, 0.717) is 5.69 Å². The highest BCUT2D eigenvalue weighted by molar-refractivity contribution is 6.29. The van der Waals surface area contributed by atoms with Crippen LogP contribution >= 0.6 is 11.6 Å². The first-order valence-electron chi connectivity index (χ1n) is 5.96. The third kappa shape index (κ3) is 3.26. The molecule has 1 rings (SSSR count). The van der Waals surface area contributed by atoms with Gasteiger partial charge in [-0.25, -0.2) is 4.79 Å². The summed E-state index contributed by atoms with van der Waals surface area (Å²) in [7, 11) is 1.30. The van der Waals surface area contributed by atoms with Gasteiger partial charge in [0.05, 0.1) is 12.8 Å². The zero-order chi connectivity index (χ0) is 14.6. The van der Waals surface area contributed by atoms with Gasteiger partial charge in [-0.15, -0.1) is 11.6 Å². The van der Waals surface area contributed by atoms with E-state index >= 15 is 0 Å². The van der Waals surface area contributed by atoms with E-state index in [-0.39, 0.29) is 11.8 Å². The minimum Gasteiger partial charge on any atom is -0.467 e. The number of alkyl halides is 1. The van der Waals surface area contributed by atoms with Crippen molar-refractivity contribution in [1.29, 1.82) is 0 Å². The third-order valence-corrected chi connectivity index (χ3v) is 3.22. The molecule has 104 valence electrons. The van der Waals surface area contributed by atoms with Gasteiger partial charge in [0.1, 0.15) is 11.9 Å². The number of amides is 1. The molecule has 1 atom stereocenters. The van der Waals surface area contributed by atoms with Crippen molar-refractivity contribution >= 4 is 29.2 Å². The summed E-state index contributed by atoms with van der Waals surface area (Å²) >= 11 is 5.65. The molecule has 0 aliphatic heterocycles. The number of esters is 1. The number of benzene rings is 1. The lowest BCUT2D eigenvalue weighted by atomic mass is 10.1. The van der Waals surface area contributed by atoms with E-state index < -0.39 is 12.0 Å². The molecule has 0 aliphatic carbocycles. The summed E-state index contributed by atoms with van der Waals surface area (Å²) in [6.45, 7) is 5.41. The van der Waals surface area contributed by atoms with E-state index in [1.165, 1.54) is 12.0 Å². The van der Waals surface area contributed by atoms with E-state index in [0.717, 1.165) is 11.1 Å². The predicted octanol–water partition coefficient (Wildman–Crippen LogP) is 2.44. The topological polar surface area (TPSA) is 46.6 Å². The molecule has 0 aliphatic rings. The fraction of sp³-hybridized carbons (Fsp3) is 0.429. The van der Waals surface area contributed by atoms with Gasteiger partial charge < -0.3 is 4.74 Å². The Bertz CT molecular complexity index is 467. The standard InChI is InChI=1S/C14H18ClNO3/c1-9-6-5-7-10(2)13(9)16(12(17)8-15)11(3)14(18)19-4/h5-7,11H,8H2,1-4H3. The highest BCUT2D eigenvalue weighted by Gasteiger charge is 2.29. The van der Waals surface area contributed by atoms with Crippen molar-refractivity contribution in [1.82, 2.24) is 0 Å². The van der Waals surface area contributed by atoms with E-state index in [2.05, 4.69) is 0 Å². The van der Waals surface area contributed by atoms with Crippen LogP contribution in [-0.2, 0) is 14.3 Å². The Balaban J connectivity index is 3.32. The zero-order valence-electron chi connectivity index (χ0n) is 11.6. The zero-order valence-corrected chi connectivity index (χ0v) is 12.3. The van der Waals surface area contributed by atoms with Crippen LogP contribution < -0.4 is 4.90 Å². The summed E-state index contributed by atoms with van der Waals surface area (Å²) in [6, 6.07) is 4.97. The van der Waals surface area contributed by atoms with Crippen molar-refractivity contribution in [2.24, 2.45) is 0 Å². The van der Waals surface area contributed by atoms with Crippen LogP contribution in [0.3, 0.4) is 0 Å². The molecule has 5 heteroatoms. The maximum Gasteiger partial charge on any atom is 0.328 e. The number of hydrogen-bond acceptors (Lipinski definition) is 3. The summed E-state index contributed by atoms with van der Waals surface area (Å²) in [4.78, 5) is 25.2. The average molecular weight is 284 g/mol. The van der Waals surface area contributed by atoms with Crippen molar-refractivity contribution in [3.8, 4) is 0 Å². The summed E-state index contributed by atoms with van der Waals surface area (Å²) in [6.07, 6.45) is 0. The summed E-state index contributed by atoms with van der Waals surface area (Å²) < 4.78 is 4.71. The molecule has 0 spiro atoms. The molecule has 1 amide bonds. The van der Waals surface area contributed by atoms with E-state index in [1.807, 2.05) is 32.0 Å². The van der Waals surface area contributed by atoms with Crippen molar-refractivity contribution < 1.29 is 14.3 Å². The number of anilines is 1. The van der Waals surface area contributed by atoms with Gasteiger partial charge in [0.15, 0.2) is 0 Å². The Labute approximate surface area is 118 Å². The second kappa shape index (κ2) is 6.57. The number of carbonyl (C=O) groups excluding carboxylic acids is 2. The summed E-state index contributed by atoms with van der Waals surface area (Å²) in [5, 5.41) is 0. The van der Waals surface area contributed by atoms with Crippen LogP contribution in [0, 0.1) is 13.8 Å². The Kier molecular flexibility index (Phi) is 5.36. The van der Waals surface area contributed by atoms with Gasteiger partial charge in [0, 0.05) is 0 Å². The fourth-order valence-electron chi connectivity index (χ4n) is 2.06. The number of methoxy groups -OCH3 is 1. The minimum atomic E-state index is -0.712. The number of nitrogens with zero attached hydrogens (tertiary/aromatic N) is 1. The number of halogens is 1. The highest BCUT2D eigenvalue weighted by atomic mass is 35.5. The lowest BCUT2D eigenvalue weighted by Gasteiger charge is -2.29. The van der Waals surface area contributed by atoms with Gasteiger partial charge in [0.25, 0.3) is 0 Å². The first-order chi connectivity index (χ1) is 8.93. The minimum absolute atomic E-state index is 0.185. The van der Waals surface area contributed by atoms with E-state index in [1.54, 1.807) is 6.92 Å². The largest absolute Gasteiger partial charge is 0.467 e. The predicted molar refractivity (Wildman–Crippen MR) is 75.6 cm³/mol. The second-order valence-electron chi connectivity index (χ2n) is 4.34. The van der Waals surface area contributed by atoms with Crippen LogP contribution in [0.25, 0.3) is 0 Å². The number of aryl methyl sites for hydroxylation is 2.